The summed E-state index contributed by atoms with van der Waals surface area (Å²) in [5.41, 5.74) is 5.71. The smallest absolute Gasteiger partial charge is 0.108 e. The van der Waals surface area contributed by atoms with Crippen LogP contribution in [0.2, 0.25) is 0 Å². The Balaban J connectivity index is 2.18. The maximum absolute atomic E-state index is 10.4. The van der Waals surface area contributed by atoms with Crippen molar-refractivity contribution in [1.82, 2.24) is 9.78 Å². The van der Waals surface area contributed by atoms with E-state index in [9.17, 15) is 5.11 Å². The van der Waals surface area contributed by atoms with Gasteiger partial charge >= 0.3 is 0 Å². The van der Waals surface area contributed by atoms with Gasteiger partial charge in [-0.25, -0.2) is 0 Å². The molecule has 4 nitrogen and oxygen atoms in total. The van der Waals surface area contributed by atoms with E-state index in [0.29, 0.717) is 5.92 Å². The molecule has 84 valence electrons. The van der Waals surface area contributed by atoms with Crippen molar-refractivity contribution in [2.45, 2.75) is 38.3 Å². The lowest BCUT2D eigenvalue weighted by molar-refractivity contribution is 0.0221. The molecule has 1 aromatic rings. The van der Waals surface area contributed by atoms with Crippen molar-refractivity contribution < 1.29 is 5.11 Å². The van der Waals surface area contributed by atoms with Crippen LogP contribution in [0.25, 0.3) is 0 Å². The maximum atomic E-state index is 10.4. The van der Waals surface area contributed by atoms with Crippen molar-refractivity contribution >= 4 is 0 Å². The zero-order valence-electron chi connectivity index (χ0n) is 9.19. The van der Waals surface area contributed by atoms with Crippen LogP contribution in [0.4, 0.5) is 0 Å². The number of hydrogen-bond donors (Lipinski definition) is 2. The van der Waals surface area contributed by atoms with E-state index in [1.54, 1.807) is 6.20 Å². The molecular formula is C11H19N3O. The first kappa shape index (κ1) is 10.6. The molecule has 0 radical (unpaired) electrons. The molecule has 1 saturated carbocycles. The van der Waals surface area contributed by atoms with Gasteiger partial charge in [-0.2, -0.15) is 5.10 Å². The van der Waals surface area contributed by atoms with Crippen LogP contribution in [0.15, 0.2) is 12.4 Å². The highest BCUT2D eigenvalue weighted by molar-refractivity contribution is 5.20. The molecule has 1 aliphatic carbocycles. The summed E-state index contributed by atoms with van der Waals surface area (Å²) in [6, 6.07) is 0. The summed E-state index contributed by atoms with van der Waals surface area (Å²) < 4.78 is 1.87. The molecule has 1 fully saturated rings. The number of nitrogens with two attached hydrogens (primary N) is 1. The molecule has 0 aromatic carbocycles. The lowest BCUT2D eigenvalue weighted by Gasteiger charge is -2.24. The Bertz CT molecular complexity index is 332. The molecule has 0 amide bonds. The van der Waals surface area contributed by atoms with Crippen LogP contribution in [0.3, 0.4) is 0 Å². The highest BCUT2D eigenvalue weighted by atomic mass is 16.3. The average molecular weight is 209 g/mol. The minimum absolute atomic E-state index is 0.287. The molecule has 3 N–H and O–H groups in total. The van der Waals surface area contributed by atoms with Gasteiger partial charge in [-0.1, -0.05) is 6.92 Å². The molecule has 0 spiro atoms. The second kappa shape index (κ2) is 3.94. The van der Waals surface area contributed by atoms with Crippen molar-refractivity contribution in [2.75, 3.05) is 6.54 Å². The van der Waals surface area contributed by atoms with Gasteiger partial charge in [0.2, 0.25) is 0 Å². The number of aliphatic hydroxyl groups is 1. The molecule has 1 aromatic heterocycles. The summed E-state index contributed by atoms with van der Waals surface area (Å²) in [5.74, 6) is 0.335. The molecule has 0 bridgehead atoms. The fourth-order valence-electron chi connectivity index (χ4n) is 2.02. The molecule has 1 heterocycles. The third-order valence-electron chi connectivity index (χ3n) is 3.15. The minimum atomic E-state index is -0.841. The number of hydrogen-bond acceptors (Lipinski definition) is 3. The average Bonchev–Trinajstić information content (AvgIpc) is 2.99. The lowest BCUT2D eigenvalue weighted by atomic mass is 9.91. The quantitative estimate of drug-likeness (QED) is 0.755. The molecule has 1 unspecified atom stereocenters. The van der Waals surface area contributed by atoms with Crippen LogP contribution in [-0.4, -0.2) is 21.4 Å². The fourth-order valence-corrected chi connectivity index (χ4v) is 2.02. The Morgan fingerprint density at radius 1 is 1.67 bits per heavy atom. The Labute approximate surface area is 90.1 Å². The van der Waals surface area contributed by atoms with Gasteiger partial charge in [0.05, 0.1) is 6.20 Å². The highest BCUT2D eigenvalue weighted by Crippen LogP contribution is 2.44. The molecule has 1 atom stereocenters. The van der Waals surface area contributed by atoms with Gasteiger partial charge in [0, 0.05) is 24.8 Å². The summed E-state index contributed by atoms with van der Waals surface area (Å²) in [6.45, 7) is 3.29. The highest BCUT2D eigenvalue weighted by Gasteiger charge is 2.44. The number of rotatable bonds is 5. The van der Waals surface area contributed by atoms with Crippen LogP contribution in [0.1, 0.15) is 31.7 Å². The monoisotopic (exact) mass is 209 g/mol. The van der Waals surface area contributed by atoms with Crippen LogP contribution in [-0.2, 0) is 12.1 Å². The Morgan fingerprint density at radius 3 is 2.93 bits per heavy atom. The van der Waals surface area contributed by atoms with E-state index in [1.807, 2.05) is 10.9 Å². The second-order valence-corrected chi connectivity index (χ2v) is 4.39. The molecule has 0 saturated heterocycles. The first-order chi connectivity index (χ1) is 7.20. The molecule has 15 heavy (non-hydrogen) atoms. The zero-order valence-corrected chi connectivity index (χ0v) is 9.19. The normalized spacial score (nSPS) is 20.2. The number of aromatic nitrogens is 2. The Kier molecular flexibility index (Phi) is 2.80. The third kappa shape index (κ3) is 1.92. The fraction of sp³-hybridized carbons (Fsp3) is 0.727. The van der Waals surface area contributed by atoms with Gasteiger partial charge in [-0.05, 0) is 25.2 Å². The van der Waals surface area contributed by atoms with Crippen LogP contribution < -0.4 is 5.73 Å². The van der Waals surface area contributed by atoms with Crippen molar-refractivity contribution in [3.05, 3.63) is 18.0 Å². The lowest BCUT2D eigenvalue weighted by Crippen LogP contribution is -2.36. The van der Waals surface area contributed by atoms with Crippen LogP contribution in [0, 0.1) is 5.92 Å². The SMILES string of the molecule is CCCn1cc(C(O)(CN)C2CC2)cn1. The molecular weight excluding hydrogens is 190 g/mol. The topological polar surface area (TPSA) is 64.1 Å². The predicted octanol–water partition coefficient (Wildman–Crippen LogP) is 0.849. The Morgan fingerprint density at radius 2 is 2.40 bits per heavy atom. The van der Waals surface area contributed by atoms with Crippen LogP contribution in [0.5, 0.6) is 0 Å². The van der Waals surface area contributed by atoms with E-state index < -0.39 is 5.60 Å². The van der Waals surface area contributed by atoms with Gasteiger partial charge in [0.25, 0.3) is 0 Å². The standard InChI is InChI=1S/C11H19N3O/c1-2-5-14-7-10(6-13-14)11(15,8-12)9-3-4-9/h6-7,9,15H,2-5,8,12H2,1H3. The summed E-state index contributed by atoms with van der Waals surface area (Å²) in [4.78, 5) is 0. The van der Waals surface area contributed by atoms with Crippen molar-refractivity contribution in [3.8, 4) is 0 Å². The third-order valence-corrected chi connectivity index (χ3v) is 3.15. The van der Waals surface area contributed by atoms with E-state index >= 15 is 0 Å². The van der Waals surface area contributed by atoms with Gasteiger partial charge in [0.15, 0.2) is 0 Å². The molecule has 2 rings (SSSR count). The summed E-state index contributed by atoms with van der Waals surface area (Å²) in [7, 11) is 0. The van der Waals surface area contributed by atoms with E-state index in [2.05, 4.69) is 12.0 Å². The molecule has 4 heteroatoms. The molecule has 1 aliphatic rings. The van der Waals surface area contributed by atoms with Crippen LogP contribution >= 0.6 is 0 Å². The second-order valence-electron chi connectivity index (χ2n) is 4.39. The van der Waals surface area contributed by atoms with E-state index in [1.165, 1.54) is 0 Å². The Hall–Kier alpha value is -0.870. The predicted molar refractivity (Wildman–Crippen MR) is 58.2 cm³/mol. The van der Waals surface area contributed by atoms with Crippen molar-refractivity contribution in [2.24, 2.45) is 11.7 Å². The first-order valence-electron chi connectivity index (χ1n) is 5.66. The van der Waals surface area contributed by atoms with Crippen molar-refractivity contribution in [1.29, 1.82) is 0 Å². The van der Waals surface area contributed by atoms with Crippen molar-refractivity contribution in [3.63, 3.8) is 0 Å². The van der Waals surface area contributed by atoms with E-state index in [4.69, 9.17) is 5.73 Å². The summed E-state index contributed by atoms with van der Waals surface area (Å²) in [6.07, 6.45) is 6.88. The van der Waals surface area contributed by atoms with Gasteiger partial charge < -0.3 is 10.8 Å². The number of nitrogens with zero attached hydrogens (tertiary/aromatic N) is 2. The zero-order chi connectivity index (χ0) is 10.9. The number of aryl methyl sites for hydroxylation is 1. The molecule has 0 aliphatic heterocycles. The van der Waals surface area contributed by atoms with Gasteiger partial charge in [0.1, 0.15) is 5.60 Å². The maximum Gasteiger partial charge on any atom is 0.108 e. The summed E-state index contributed by atoms with van der Waals surface area (Å²) in [5, 5.41) is 14.7. The van der Waals surface area contributed by atoms with E-state index in [0.717, 1.165) is 31.4 Å². The largest absolute Gasteiger partial charge is 0.383 e. The minimum Gasteiger partial charge on any atom is -0.383 e. The summed E-state index contributed by atoms with van der Waals surface area (Å²) >= 11 is 0. The van der Waals surface area contributed by atoms with Gasteiger partial charge in [-0.15, -0.1) is 0 Å². The van der Waals surface area contributed by atoms with Gasteiger partial charge in [-0.3, -0.25) is 4.68 Å². The van der Waals surface area contributed by atoms with E-state index in [-0.39, 0.29) is 6.54 Å². The first-order valence-corrected chi connectivity index (χ1v) is 5.66.